The lowest BCUT2D eigenvalue weighted by molar-refractivity contribution is 0.0693. The SMILES string of the molecule is Cc1nc(CN)sc1-c1csc(-c2cc(O)c(C(=O)O)cc2F)c1. The fraction of sp³-hybridized carbons (Fsp3) is 0.125. The number of halogens is 1. The standard InChI is InChI=1S/C16H13FN2O3S2/c1-7-15(24-14(5-18)19-7)8-2-13(23-6-8)9-4-12(20)10(16(21)22)3-11(9)17/h2-4,6,20H,5,18H2,1H3,(H,21,22). The second kappa shape index (κ2) is 6.31. The third kappa shape index (κ3) is 2.91. The van der Waals surface area contributed by atoms with Gasteiger partial charge in [0, 0.05) is 27.9 Å². The van der Waals surface area contributed by atoms with Gasteiger partial charge in [0.05, 0.1) is 10.6 Å². The summed E-state index contributed by atoms with van der Waals surface area (Å²) in [6, 6.07) is 3.76. The van der Waals surface area contributed by atoms with Crippen molar-refractivity contribution in [1.82, 2.24) is 4.98 Å². The number of aromatic hydroxyl groups is 1. The molecule has 124 valence electrons. The molecule has 0 bridgehead atoms. The number of thiophene rings is 1. The lowest BCUT2D eigenvalue weighted by Gasteiger charge is -2.04. The van der Waals surface area contributed by atoms with Crippen LogP contribution in [0.2, 0.25) is 0 Å². The first-order valence-corrected chi connectivity index (χ1v) is 8.61. The summed E-state index contributed by atoms with van der Waals surface area (Å²) < 4.78 is 14.2. The number of hydrogen-bond donors (Lipinski definition) is 3. The summed E-state index contributed by atoms with van der Waals surface area (Å²) in [4.78, 5) is 16.9. The molecule has 0 aliphatic heterocycles. The third-order valence-electron chi connectivity index (χ3n) is 3.46. The molecule has 0 aliphatic carbocycles. The van der Waals surface area contributed by atoms with Crippen LogP contribution in [0.4, 0.5) is 4.39 Å². The maximum absolute atomic E-state index is 14.2. The first-order chi connectivity index (χ1) is 11.4. The van der Waals surface area contributed by atoms with Crippen LogP contribution in [-0.2, 0) is 6.54 Å². The van der Waals surface area contributed by atoms with E-state index in [1.54, 1.807) is 6.07 Å². The Kier molecular flexibility index (Phi) is 4.35. The molecule has 24 heavy (non-hydrogen) atoms. The molecule has 0 saturated heterocycles. The predicted octanol–water partition coefficient (Wildman–Crippen LogP) is 3.85. The average Bonchev–Trinajstić information content (AvgIpc) is 3.15. The monoisotopic (exact) mass is 364 g/mol. The number of benzene rings is 1. The number of aromatic nitrogens is 1. The Morgan fingerprint density at radius 1 is 1.38 bits per heavy atom. The van der Waals surface area contributed by atoms with Crippen molar-refractivity contribution in [2.75, 3.05) is 0 Å². The highest BCUT2D eigenvalue weighted by atomic mass is 32.1. The molecule has 0 fully saturated rings. The normalized spacial score (nSPS) is 11.0. The number of rotatable bonds is 4. The van der Waals surface area contributed by atoms with E-state index in [1.807, 2.05) is 12.3 Å². The zero-order valence-corrected chi connectivity index (χ0v) is 14.2. The van der Waals surface area contributed by atoms with Crippen LogP contribution in [0.3, 0.4) is 0 Å². The Morgan fingerprint density at radius 3 is 2.75 bits per heavy atom. The second-order valence-corrected chi connectivity index (χ2v) is 7.08. The molecule has 4 N–H and O–H groups in total. The Hall–Kier alpha value is -2.29. The minimum atomic E-state index is -1.38. The molecule has 0 radical (unpaired) electrons. The summed E-state index contributed by atoms with van der Waals surface area (Å²) in [6.45, 7) is 2.25. The summed E-state index contributed by atoms with van der Waals surface area (Å²) >= 11 is 2.79. The van der Waals surface area contributed by atoms with Crippen molar-refractivity contribution in [3.05, 3.63) is 45.7 Å². The van der Waals surface area contributed by atoms with E-state index < -0.39 is 23.1 Å². The van der Waals surface area contributed by atoms with Gasteiger partial charge in [0.25, 0.3) is 0 Å². The highest BCUT2D eigenvalue weighted by molar-refractivity contribution is 7.17. The van der Waals surface area contributed by atoms with Gasteiger partial charge in [0.15, 0.2) is 0 Å². The van der Waals surface area contributed by atoms with E-state index in [9.17, 15) is 14.3 Å². The molecule has 1 aromatic carbocycles. The van der Waals surface area contributed by atoms with Gasteiger partial charge in [-0.05, 0) is 25.1 Å². The molecule has 3 rings (SSSR count). The van der Waals surface area contributed by atoms with E-state index in [0.29, 0.717) is 11.4 Å². The first kappa shape index (κ1) is 16.6. The van der Waals surface area contributed by atoms with Crippen molar-refractivity contribution < 1.29 is 19.4 Å². The van der Waals surface area contributed by atoms with Crippen LogP contribution in [0.25, 0.3) is 20.9 Å². The highest BCUT2D eigenvalue weighted by Gasteiger charge is 2.18. The molecular formula is C16H13FN2O3S2. The molecule has 0 spiro atoms. The van der Waals surface area contributed by atoms with Crippen molar-refractivity contribution in [1.29, 1.82) is 0 Å². The molecule has 0 atom stereocenters. The molecule has 0 unspecified atom stereocenters. The molecule has 0 amide bonds. The van der Waals surface area contributed by atoms with Gasteiger partial charge >= 0.3 is 5.97 Å². The second-order valence-electron chi connectivity index (χ2n) is 5.08. The number of carbonyl (C=O) groups is 1. The summed E-state index contributed by atoms with van der Waals surface area (Å²) in [5, 5.41) is 21.4. The molecule has 2 aromatic heterocycles. The summed E-state index contributed by atoms with van der Waals surface area (Å²) in [7, 11) is 0. The number of hydrogen-bond acceptors (Lipinski definition) is 6. The molecule has 5 nitrogen and oxygen atoms in total. The van der Waals surface area contributed by atoms with Gasteiger partial charge in [-0.2, -0.15) is 0 Å². The summed E-state index contributed by atoms with van der Waals surface area (Å²) in [5.74, 6) is -2.53. The van der Waals surface area contributed by atoms with Gasteiger partial charge in [0.2, 0.25) is 0 Å². The van der Waals surface area contributed by atoms with Gasteiger partial charge in [0.1, 0.15) is 22.1 Å². The van der Waals surface area contributed by atoms with Crippen LogP contribution < -0.4 is 5.73 Å². The van der Waals surface area contributed by atoms with Crippen LogP contribution in [0.1, 0.15) is 21.1 Å². The van der Waals surface area contributed by atoms with Crippen LogP contribution >= 0.6 is 22.7 Å². The van der Waals surface area contributed by atoms with Crippen LogP contribution in [0, 0.1) is 12.7 Å². The predicted molar refractivity (Wildman–Crippen MR) is 92.1 cm³/mol. The van der Waals surface area contributed by atoms with Gasteiger partial charge in [-0.1, -0.05) is 0 Å². The largest absolute Gasteiger partial charge is 0.507 e. The lowest BCUT2D eigenvalue weighted by Crippen LogP contribution is -1.98. The molecule has 3 aromatic rings. The van der Waals surface area contributed by atoms with E-state index in [0.717, 1.165) is 33.3 Å². The number of aromatic carboxylic acids is 1. The Bertz CT molecular complexity index is 934. The van der Waals surface area contributed by atoms with Crippen molar-refractivity contribution in [2.24, 2.45) is 5.73 Å². The number of carboxylic acid groups (broad SMARTS) is 1. The van der Waals surface area contributed by atoms with Gasteiger partial charge in [-0.3, -0.25) is 0 Å². The van der Waals surface area contributed by atoms with Crippen molar-refractivity contribution in [3.8, 4) is 26.6 Å². The lowest BCUT2D eigenvalue weighted by atomic mass is 10.1. The van der Waals surface area contributed by atoms with Crippen LogP contribution in [-0.4, -0.2) is 21.2 Å². The molecule has 2 heterocycles. The Morgan fingerprint density at radius 2 is 2.12 bits per heavy atom. The Labute approximate surface area is 144 Å². The number of nitrogens with two attached hydrogens (primary N) is 1. The number of thiazole rings is 1. The number of phenols is 1. The molecule has 0 aliphatic rings. The Balaban J connectivity index is 2.03. The zero-order chi connectivity index (χ0) is 17.4. The van der Waals surface area contributed by atoms with Gasteiger partial charge < -0.3 is 15.9 Å². The highest BCUT2D eigenvalue weighted by Crippen LogP contribution is 2.39. The maximum Gasteiger partial charge on any atom is 0.339 e. The topological polar surface area (TPSA) is 96.4 Å². The van der Waals surface area contributed by atoms with E-state index in [1.165, 1.54) is 22.7 Å². The van der Waals surface area contributed by atoms with Gasteiger partial charge in [-0.25, -0.2) is 14.2 Å². The van der Waals surface area contributed by atoms with Crippen molar-refractivity contribution >= 4 is 28.6 Å². The van der Waals surface area contributed by atoms with Crippen molar-refractivity contribution in [3.63, 3.8) is 0 Å². The van der Waals surface area contributed by atoms with E-state index >= 15 is 0 Å². The van der Waals surface area contributed by atoms with Gasteiger partial charge in [-0.15, -0.1) is 22.7 Å². The minimum Gasteiger partial charge on any atom is -0.507 e. The molecule has 8 heteroatoms. The smallest absolute Gasteiger partial charge is 0.339 e. The average molecular weight is 364 g/mol. The summed E-state index contributed by atoms with van der Waals surface area (Å²) in [6.07, 6.45) is 0. The first-order valence-electron chi connectivity index (χ1n) is 6.92. The molecule has 0 saturated carbocycles. The van der Waals surface area contributed by atoms with E-state index in [2.05, 4.69) is 4.98 Å². The number of carboxylic acids is 1. The number of nitrogens with zero attached hydrogens (tertiary/aromatic N) is 1. The fourth-order valence-electron chi connectivity index (χ4n) is 2.33. The zero-order valence-electron chi connectivity index (χ0n) is 12.5. The van der Waals surface area contributed by atoms with Crippen molar-refractivity contribution in [2.45, 2.75) is 13.5 Å². The fourth-order valence-corrected chi connectivity index (χ4v) is 4.25. The van der Waals surface area contributed by atoms with Crippen LogP contribution in [0.15, 0.2) is 23.6 Å². The quantitative estimate of drug-likeness (QED) is 0.653. The van der Waals surface area contributed by atoms with E-state index in [-0.39, 0.29) is 5.56 Å². The minimum absolute atomic E-state index is 0.162. The molecular weight excluding hydrogens is 351 g/mol. The third-order valence-corrected chi connectivity index (χ3v) is 5.65. The summed E-state index contributed by atoms with van der Waals surface area (Å²) in [5.41, 5.74) is 7.06. The number of aryl methyl sites for hydroxylation is 1. The maximum atomic E-state index is 14.2. The van der Waals surface area contributed by atoms with Crippen LogP contribution in [0.5, 0.6) is 5.75 Å². The van der Waals surface area contributed by atoms with E-state index in [4.69, 9.17) is 10.8 Å².